The van der Waals surface area contributed by atoms with Gasteiger partial charge in [-0.05, 0) is 49.2 Å². The number of hydrogen-bond acceptors (Lipinski definition) is 8. The predicted molar refractivity (Wildman–Crippen MR) is 163 cm³/mol. The summed E-state index contributed by atoms with van der Waals surface area (Å²) in [6.45, 7) is 0.514. The maximum absolute atomic E-state index is 13.6. The van der Waals surface area contributed by atoms with Gasteiger partial charge in [0.05, 0.1) is 39.6 Å². The van der Waals surface area contributed by atoms with Crippen LogP contribution in [0.3, 0.4) is 0 Å². The molecule has 3 heterocycles. The molecule has 12 heteroatoms. The molecule has 220 valence electrons. The van der Waals surface area contributed by atoms with Crippen molar-refractivity contribution < 1.29 is 22.7 Å². The SMILES string of the molecule is O=C(c1ccc(Oc2ccccc2)cc1Cl)c1c[nH]c2ncnc(N[C@@H]3CC[C@@H](CNS(=O)(=O)c4ccccc4)OC3)c12. The van der Waals surface area contributed by atoms with Crippen LogP contribution in [0.5, 0.6) is 11.5 Å². The Morgan fingerprint density at radius 3 is 2.47 bits per heavy atom. The molecule has 2 aromatic heterocycles. The molecule has 3 N–H and O–H groups in total. The van der Waals surface area contributed by atoms with E-state index in [0.717, 1.165) is 0 Å². The van der Waals surface area contributed by atoms with E-state index in [1.165, 1.54) is 6.33 Å². The number of H-pyrrole nitrogens is 1. The van der Waals surface area contributed by atoms with Gasteiger partial charge in [0.25, 0.3) is 0 Å². The summed E-state index contributed by atoms with van der Waals surface area (Å²) in [6, 6.07) is 22.4. The van der Waals surface area contributed by atoms with E-state index in [2.05, 4.69) is 25.0 Å². The largest absolute Gasteiger partial charge is 0.457 e. The van der Waals surface area contributed by atoms with Crippen LogP contribution < -0.4 is 14.8 Å². The Labute approximate surface area is 253 Å². The summed E-state index contributed by atoms with van der Waals surface area (Å²) in [5.74, 6) is 1.38. The van der Waals surface area contributed by atoms with Crippen molar-refractivity contribution in [3.05, 3.63) is 108 Å². The zero-order chi connectivity index (χ0) is 29.8. The first kappa shape index (κ1) is 28.8. The molecule has 0 unspecified atom stereocenters. The van der Waals surface area contributed by atoms with Crippen molar-refractivity contribution in [1.82, 2.24) is 19.7 Å². The lowest BCUT2D eigenvalue weighted by Gasteiger charge is -2.30. The molecule has 0 saturated carbocycles. The third kappa shape index (κ3) is 6.55. The third-order valence-electron chi connectivity index (χ3n) is 7.14. The highest BCUT2D eigenvalue weighted by atomic mass is 35.5. The molecule has 1 fully saturated rings. The number of ether oxygens (including phenoxy) is 2. The number of ketones is 1. The van der Waals surface area contributed by atoms with Crippen molar-refractivity contribution in [2.75, 3.05) is 18.5 Å². The quantitative estimate of drug-likeness (QED) is 0.173. The van der Waals surface area contributed by atoms with Crippen LogP contribution in [-0.4, -0.2) is 54.5 Å². The van der Waals surface area contributed by atoms with E-state index in [4.69, 9.17) is 21.1 Å². The van der Waals surface area contributed by atoms with Crippen molar-refractivity contribution >= 4 is 44.3 Å². The summed E-state index contributed by atoms with van der Waals surface area (Å²) in [5.41, 5.74) is 1.20. The van der Waals surface area contributed by atoms with E-state index in [1.807, 2.05) is 30.3 Å². The van der Waals surface area contributed by atoms with Crippen LogP contribution in [0.1, 0.15) is 28.8 Å². The second-order valence-electron chi connectivity index (χ2n) is 10.1. The monoisotopic (exact) mass is 617 g/mol. The molecule has 3 aromatic carbocycles. The Bertz CT molecular complexity index is 1840. The van der Waals surface area contributed by atoms with Gasteiger partial charge in [-0.1, -0.05) is 48.0 Å². The molecule has 43 heavy (non-hydrogen) atoms. The molecule has 2 atom stereocenters. The highest BCUT2D eigenvalue weighted by molar-refractivity contribution is 7.89. The summed E-state index contributed by atoms with van der Waals surface area (Å²) in [6.07, 6.45) is 4.11. The number of benzene rings is 3. The average Bonchev–Trinajstić information content (AvgIpc) is 3.47. The number of nitrogens with one attached hydrogen (secondary N) is 3. The number of aromatic nitrogens is 3. The zero-order valence-corrected chi connectivity index (χ0v) is 24.4. The number of sulfonamides is 1. The number of para-hydroxylation sites is 1. The number of nitrogens with zero attached hydrogens (tertiary/aromatic N) is 2. The van der Waals surface area contributed by atoms with Gasteiger partial charge in [0.2, 0.25) is 10.0 Å². The lowest BCUT2D eigenvalue weighted by molar-refractivity contribution is 0.0132. The van der Waals surface area contributed by atoms with Gasteiger partial charge in [0.15, 0.2) is 5.78 Å². The van der Waals surface area contributed by atoms with Crippen LogP contribution in [0, 0.1) is 0 Å². The van der Waals surface area contributed by atoms with E-state index < -0.39 is 10.0 Å². The molecule has 0 bridgehead atoms. The zero-order valence-electron chi connectivity index (χ0n) is 22.9. The Morgan fingerprint density at radius 1 is 0.977 bits per heavy atom. The molecule has 0 radical (unpaired) electrons. The fraction of sp³-hybridized carbons (Fsp3) is 0.194. The van der Waals surface area contributed by atoms with Gasteiger partial charge >= 0.3 is 0 Å². The number of rotatable bonds is 10. The van der Waals surface area contributed by atoms with Crippen molar-refractivity contribution in [3.63, 3.8) is 0 Å². The molecule has 1 saturated heterocycles. The maximum Gasteiger partial charge on any atom is 0.240 e. The normalized spacial score (nSPS) is 17.0. The summed E-state index contributed by atoms with van der Waals surface area (Å²) >= 11 is 6.54. The fourth-order valence-electron chi connectivity index (χ4n) is 4.92. The van der Waals surface area contributed by atoms with Gasteiger partial charge in [-0.2, -0.15) is 0 Å². The highest BCUT2D eigenvalue weighted by Gasteiger charge is 2.26. The first-order valence-electron chi connectivity index (χ1n) is 13.7. The van der Waals surface area contributed by atoms with Crippen molar-refractivity contribution in [1.29, 1.82) is 0 Å². The number of anilines is 1. The smallest absolute Gasteiger partial charge is 0.240 e. The summed E-state index contributed by atoms with van der Waals surface area (Å²) in [7, 11) is -3.61. The van der Waals surface area contributed by atoms with E-state index >= 15 is 0 Å². The molecule has 0 aliphatic carbocycles. The lowest BCUT2D eigenvalue weighted by Crippen LogP contribution is -2.41. The van der Waals surface area contributed by atoms with E-state index in [9.17, 15) is 13.2 Å². The molecule has 10 nitrogen and oxygen atoms in total. The van der Waals surface area contributed by atoms with Crippen molar-refractivity contribution in [2.45, 2.75) is 29.9 Å². The van der Waals surface area contributed by atoms with Gasteiger partial charge in [-0.25, -0.2) is 23.1 Å². The van der Waals surface area contributed by atoms with Gasteiger partial charge in [0.1, 0.15) is 29.3 Å². The Hall–Kier alpha value is -4.29. The van der Waals surface area contributed by atoms with Crippen LogP contribution in [0.15, 0.2) is 96.3 Å². The van der Waals surface area contributed by atoms with Crippen LogP contribution in [-0.2, 0) is 14.8 Å². The van der Waals surface area contributed by atoms with Crippen LogP contribution in [0.4, 0.5) is 5.82 Å². The number of aromatic amines is 1. The summed E-state index contributed by atoms with van der Waals surface area (Å²) < 4.78 is 39.5. The van der Waals surface area contributed by atoms with E-state index in [0.29, 0.717) is 58.9 Å². The van der Waals surface area contributed by atoms with Gasteiger partial charge < -0.3 is 19.8 Å². The second-order valence-corrected chi connectivity index (χ2v) is 12.2. The van der Waals surface area contributed by atoms with Crippen molar-refractivity contribution in [3.8, 4) is 11.5 Å². The summed E-state index contributed by atoms with van der Waals surface area (Å²) in [4.78, 5) is 25.6. The highest BCUT2D eigenvalue weighted by Crippen LogP contribution is 2.32. The number of carbonyl (C=O) groups excluding carboxylic acids is 1. The standard InChI is InChI=1S/C31H28ClN5O5S/c32-27-15-22(42-21-7-3-1-4-8-21)13-14-25(27)29(38)26-17-33-30-28(26)31(35-19-34-30)37-20-11-12-23(41-18-20)16-36-43(39,40)24-9-5-2-6-10-24/h1-10,13-15,17,19-20,23,36H,11-12,16,18H2,(H2,33,34,35,37)/t20-,23+/m1/s1. The van der Waals surface area contributed by atoms with Crippen LogP contribution >= 0.6 is 11.6 Å². The van der Waals surface area contributed by atoms with Gasteiger partial charge in [0, 0.05) is 24.4 Å². The first-order valence-corrected chi connectivity index (χ1v) is 15.6. The Kier molecular flexibility index (Phi) is 8.39. The van der Waals surface area contributed by atoms with E-state index in [1.54, 1.807) is 54.7 Å². The number of carbonyl (C=O) groups is 1. The van der Waals surface area contributed by atoms with Crippen molar-refractivity contribution in [2.24, 2.45) is 0 Å². The topological polar surface area (TPSA) is 135 Å². The Morgan fingerprint density at radius 2 is 1.74 bits per heavy atom. The molecule has 0 spiro atoms. The molecule has 5 aromatic rings. The number of fused-ring (bicyclic) bond motifs is 1. The molecular weight excluding hydrogens is 590 g/mol. The fourth-order valence-corrected chi connectivity index (χ4v) is 6.27. The average molecular weight is 618 g/mol. The molecule has 1 aliphatic heterocycles. The third-order valence-corrected chi connectivity index (χ3v) is 8.90. The maximum atomic E-state index is 13.6. The molecule has 0 amide bonds. The molecular formula is C31H28ClN5O5S. The Balaban J connectivity index is 1.12. The van der Waals surface area contributed by atoms with Gasteiger partial charge in [-0.15, -0.1) is 0 Å². The molecule has 6 rings (SSSR count). The minimum absolute atomic E-state index is 0.101. The summed E-state index contributed by atoms with van der Waals surface area (Å²) in [5, 5.41) is 4.19. The molecule has 1 aliphatic rings. The first-order chi connectivity index (χ1) is 20.9. The van der Waals surface area contributed by atoms with Crippen LogP contribution in [0.2, 0.25) is 5.02 Å². The minimum Gasteiger partial charge on any atom is -0.457 e. The number of halogens is 1. The lowest BCUT2D eigenvalue weighted by atomic mass is 10.0. The number of hydrogen-bond donors (Lipinski definition) is 3. The minimum atomic E-state index is -3.61. The van der Waals surface area contributed by atoms with E-state index in [-0.39, 0.29) is 34.4 Å². The van der Waals surface area contributed by atoms with Gasteiger partial charge in [-0.3, -0.25) is 4.79 Å². The predicted octanol–water partition coefficient (Wildman–Crippen LogP) is 5.57. The second kappa shape index (κ2) is 12.5. The van der Waals surface area contributed by atoms with Crippen LogP contribution in [0.25, 0.3) is 11.0 Å².